The Kier molecular flexibility index (Phi) is 4.43. The molecule has 0 bridgehead atoms. The van der Waals surface area contributed by atoms with E-state index in [0.29, 0.717) is 12.6 Å². The summed E-state index contributed by atoms with van der Waals surface area (Å²) in [7, 11) is 0. The number of alkyl halides is 1. The van der Waals surface area contributed by atoms with Crippen LogP contribution in [0.4, 0.5) is 4.39 Å². The molecule has 1 fully saturated rings. The molecule has 0 aromatic carbocycles. The number of rotatable bonds is 3. The Bertz CT molecular complexity index is 161. The highest BCUT2D eigenvalue weighted by atomic mass is 32.2. The van der Waals surface area contributed by atoms with Crippen molar-refractivity contribution in [3.05, 3.63) is 0 Å². The molecule has 1 aliphatic rings. The zero-order valence-corrected chi connectivity index (χ0v) is 8.16. The third-order valence-electron chi connectivity index (χ3n) is 1.87. The summed E-state index contributed by atoms with van der Waals surface area (Å²) >= 11 is 1.69. The number of aliphatic imine (C=N–C) groups is 1. The van der Waals surface area contributed by atoms with Crippen molar-refractivity contribution in [1.82, 2.24) is 5.32 Å². The topological polar surface area (TPSA) is 24.4 Å². The van der Waals surface area contributed by atoms with Crippen LogP contribution in [0.1, 0.15) is 19.8 Å². The zero-order chi connectivity index (χ0) is 8.81. The van der Waals surface area contributed by atoms with Gasteiger partial charge in [0.25, 0.3) is 0 Å². The number of nitrogens with one attached hydrogen (secondary N) is 1. The van der Waals surface area contributed by atoms with Crippen molar-refractivity contribution in [1.29, 1.82) is 0 Å². The third-order valence-corrected chi connectivity index (χ3v) is 2.83. The first-order valence-corrected chi connectivity index (χ1v) is 5.35. The van der Waals surface area contributed by atoms with E-state index in [-0.39, 0.29) is 6.67 Å². The van der Waals surface area contributed by atoms with Gasteiger partial charge in [0, 0.05) is 11.8 Å². The highest BCUT2D eigenvalue weighted by molar-refractivity contribution is 8.13. The number of nitrogens with zero attached hydrogens (tertiary/aromatic N) is 1. The predicted molar refractivity (Wildman–Crippen MR) is 52.6 cm³/mol. The standard InChI is InChI=1S/C8H15FN2S/c1-2-7-3-6-12-8(11-7)10-5-4-9/h7H,2-6H2,1H3,(H,10,11). The first kappa shape index (κ1) is 9.84. The molecule has 4 heteroatoms. The second kappa shape index (κ2) is 5.41. The number of amidine groups is 1. The Labute approximate surface area is 77.0 Å². The average molecular weight is 190 g/mol. The Morgan fingerprint density at radius 2 is 2.58 bits per heavy atom. The van der Waals surface area contributed by atoms with Gasteiger partial charge in [-0.05, 0) is 12.8 Å². The Morgan fingerprint density at radius 1 is 1.75 bits per heavy atom. The van der Waals surface area contributed by atoms with Gasteiger partial charge in [-0.2, -0.15) is 0 Å². The van der Waals surface area contributed by atoms with Crippen molar-refractivity contribution in [3.8, 4) is 0 Å². The maximum absolute atomic E-state index is 11.8. The van der Waals surface area contributed by atoms with Gasteiger partial charge in [-0.3, -0.25) is 4.99 Å². The van der Waals surface area contributed by atoms with Crippen LogP contribution < -0.4 is 5.32 Å². The molecule has 1 saturated heterocycles. The molecule has 2 nitrogen and oxygen atoms in total. The molecule has 0 aliphatic carbocycles. The van der Waals surface area contributed by atoms with E-state index < -0.39 is 0 Å². The van der Waals surface area contributed by atoms with Gasteiger partial charge in [0.05, 0.1) is 6.54 Å². The lowest BCUT2D eigenvalue weighted by Gasteiger charge is -2.23. The first-order chi connectivity index (χ1) is 5.86. The molecule has 1 atom stereocenters. The lowest BCUT2D eigenvalue weighted by molar-refractivity contribution is 0.503. The Balaban J connectivity index is 2.34. The monoisotopic (exact) mass is 190 g/mol. The number of hydrogen-bond acceptors (Lipinski definition) is 2. The van der Waals surface area contributed by atoms with Gasteiger partial charge in [-0.25, -0.2) is 4.39 Å². The molecular weight excluding hydrogens is 175 g/mol. The van der Waals surface area contributed by atoms with E-state index in [9.17, 15) is 4.39 Å². The largest absolute Gasteiger partial charge is 0.362 e. The molecule has 12 heavy (non-hydrogen) atoms. The lowest BCUT2D eigenvalue weighted by Crippen LogP contribution is -2.37. The number of hydrogen-bond donors (Lipinski definition) is 1. The first-order valence-electron chi connectivity index (χ1n) is 4.36. The van der Waals surface area contributed by atoms with E-state index in [1.54, 1.807) is 11.8 Å². The van der Waals surface area contributed by atoms with Crippen molar-refractivity contribution in [2.24, 2.45) is 4.99 Å². The maximum atomic E-state index is 11.8. The Morgan fingerprint density at radius 3 is 3.25 bits per heavy atom. The van der Waals surface area contributed by atoms with Crippen molar-refractivity contribution >= 4 is 16.9 Å². The fourth-order valence-electron chi connectivity index (χ4n) is 1.13. The van der Waals surface area contributed by atoms with Gasteiger partial charge < -0.3 is 5.32 Å². The van der Waals surface area contributed by atoms with Crippen LogP contribution in [0, 0.1) is 0 Å². The third kappa shape index (κ3) is 3.01. The summed E-state index contributed by atoms with van der Waals surface area (Å²) in [5.74, 6) is 1.11. The van der Waals surface area contributed by atoms with Crippen LogP contribution in [0.2, 0.25) is 0 Å². The summed E-state index contributed by atoms with van der Waals surface area (Å²) < 4.78 is 11.8. The smallest absolute Gasteiger partial charge is 0.156 e. The fourth-order valence-corrected chi connectivity index (χ4v) is 2.16. The van der Waals surface area contributed by atoms with E-state index in [2.05, 4.69) is 17.2 Å². The van der Waals surface area contributed by atoms with Crippen molar-refractivity contribution < 1.29 is 4.39 Å². The van der Waals surface area contributed by atoms with Gasteiger partial charge in [-0.1, -0.05) is 18.7 Å². The molecule has 0 amide bonds. The highest BCUT2D eigenvalue weighted by Crippen LogP contribution is 2.15. The average Bonchev–Trinajstić information content (AvgIpc) is 2.15. The van der Waals surface area contributed by atoms with E-state index >= 15 is 0 Å². The van der Waals surface area contributed by atoms with Gasteiger partial charge in [-0.15, -0.1) is 0 Å². The van der Waals surface area contributed by atoms with Crippen molar-refractivity contribution in [3.63, 3.8) is 0 Å². The quantitative estimate of drug-likeness (QED) is 0.734. The van der Waals surface area contributed by atoms with Crippen LogP contribution in [-0.4, -0.2) is 30.2 Å². The zero-order valence-electron chi connectivity index (χ0n) is 7.35. The minimum atomic E-state index is -0.359. The van der Waals surface area contributed by atoms with Crippen LogP contribution in [0.25, 0.3) is 0 Å². The van der Waals surface area contributed by atoms with Crippen LogP contribution in [0.5, 0.6) is 0 Å². The summed E-state index contributed by atoms with van der Waals surface area (Å²) in [6, 6.07) is 0.546. The lowest BCUT2D eigenvalue weighted by atomic mass is 10.2. The minimum Gasteiger partial charge on any atom is -0.362 e. The summed E-state index contributed by atoms with van der Waals surface area (Å²) in [5.41, 5.74) is 0. The molecule has 1 aliphatic heterocycles. The molecule has 1 N–H and O–H groups in total. The molecule has 1 heterocycles. The van der Waals surface area contributed by atoms with E-state index in [4.69, 9.17) is 0 Å². The molecule has 0 aromatic rings. The molecule has 70 valence electrons. The van der Waals surface area contributed by atoms with Gasteiger partial charge in [0.1, 0.15) is 6.67 Å². The Hall–Kier alpha value is -0.250. The molecule has 0 aromatic heterocycles. The summed E-state index contributed by atoms with van der Waals surface area (Å²) in [6.45, 7) is 2.09. The second-order valence-electron chi connectivity index (χ2n) is 2.76. The SMILES string of the molecule is CCC1CCSC(=NCCF)N1. The van der Waals surface area contributed by atoms with Crippen LogP contribution in [0.15, 0.2) is 4.99 Å². The van der Waals surface area contributed by atoms with E-state index in [1.165, 1.54) is 6.42 Å². The van der Waals surface area contributed by atoms with Crippen molar-refractivity contribution in [2.75, 3.05) is 19.0 Å². The number of halogens is 1. The summed E-state index contributed by atoms with van der Waals surface area (Å²) in [5, 5.41) is 4.21. The normalized spacial score (nSPS) is 27.2. The van der Waals surface area contributed by atoms with Crippen LogP contribution in [-0.2, 0) is 0 Å². The molecule has 0 saturated carbocycles. The molecular formula is C8H15FN2S. The predicted octanol–water partition coefficient (Wildman–Crippen LogP) is 1.82. The van der Waals surface area contributed by atoms with Crippen LogP contribution in [0.3, 0.4) is 0 Å². The van der Waals surface area contributed by atoms with Crippen LogP contribution >= 0.6 is 11.8 Å². The fraction of sp³-hybridized carbons (Fsp3) is 0.875. The van der Waals surface area contributed by atoms with Gasteiger partial charge >= 0.3 is 0 Å². The van der Waals surface area contributed by atoms with E-state index in [1.807, 2.05) is 0 Å². The van der Waals surface area contributed by atoms with E-state index in [0.717, 1.165) is 17.3 Å². The highest BCUT2D eigenvalue weighted by Gasteiger charge is 2.14. The maximum Gasteiger partial charge on any atom is 0.156 e. The van der Waals surface area contributed by atoms with Gasteiger partial charge in [0.15, 0.2) is 5.17 Å². The van der Waals surface area contributed by atoms with Gasteiger partial charge in [0.2, 0.25) is 0 Å². The minimum absolute atomic E-state index is 0.297. The summed E-state index contributed by atoms with van der Waals surface area (Å²) in [6.07, 6.45) is 2.31. The molecule has 0 spiro atoms. The molecule has 0 radical (unpaired) electrons. The molecule has 1 unspecified atom stereocenters. The second-order valence-corrected chi connectivity index (χ2v) is 3.85. The number of thioether (sulfide) groups is 1. The summed E-state index contributed by atoms with van der Waals surface area (Å²) in [4.78, 5) is 4.09. The van der Waals surface area contributed by atoms with Crippen molar-refractivity contribution in [2.45, 2.75) is 25.8 Å². The molecule has 1 rings (SSSR count).